The fourth-order valence-electron chi connectivity index (χ4n) is 2.16. The number of benzene rings is 2. The Hall–Kier alpha value is -1.92. The first-order valence-corrected chi connectivity index (χ1v) is 9.52. The number of amides is 1. The van der Waals surface area contributed by atoms with Crippen molar-refractivity contribution in [1.29, 1.82) is 0 Å². The second-order valence-electron chi connectivity index (χ2n) is 5.16. The van der Waals surface area contributed by atoms with Crippen LogP contribution in [-0.2, 0) is 4.79 Å². The summed E-state index contributed by atoms with van der Waals surface area (Å²) in [5.41, 5.74) is 1.63. The number of thiocarbonyl (C=S) groups is 1. The minimum atomic E-state index is -0.305. The molecule has 3 nitrogen and oxygen atoms in total. The van der Waals surface area contributed by atoms with Crippen LogP contribution in [0.25, 0.3) is 12.2 Å². The summed E-state index contributed by atoms with van der Waals surface area (Å²) in [6.07, 6.45) is 6.81. The lowest BCUT2D eigenvalue weighted by Gasteiger charge is -2.05. The number of hydrazone groups is 1. The van der Waals surface area contributed by atoms with Crippen LogP contribution in [0.2, 0.25) is 10.0 Å². The van der Waals surface area contributed by atoms with Gasteiger partial charge in [0.1, 0.15) is 0 Å². The summed E-state index contributed by atoms with van der Waals surface area (Å²) in [5.74, 6) is -0.305. The molecule has 2 aromatic carbocycles. The van der Waals surface area contributed by atoms with Gasteiger partial charge in [-0.2, -0.15) is 10.1 Å². The van der Waals surface area contributed by atoms with E-state index in [1.807, 2.05) is 36.4 Å². The molecule has 0 bridgehead atoms. The van der Waals surface area contributed by atoms with E-state index in [0.29, 0.717) is 24.8 Å². The number of rotatable bonds is 4. The first kappa shape index (κ1) is 18.9. The van der Waals surface area contributed by atoms with Crippen molar-refractivity contribution in [2.24, 2.45) is 5.10 Å². The lowest BCUT2D eigenvalue weighted by atomic mass is 10.2. The highest BCUT2D eigenvalue weighted by Gasteiger charge is 2.32. The van der Waals surface area contributed by atoms with Crippen LogP contribution in [0, 0.1) is 0 Å². The Morgan fingerprint density at radius 1 is 1.04 bits per heavy atom. The molecule has 1 amide bonds. The van der Waals surface area contributed by atoms with Gasteiger partial charge in [-0.15, -0.1) is 0 Å². The number of carbonyl (C=O) groups excluding carboxylic acids is 1. The van der Waals surface area contributed by atoms with Crippen molar-refractivity contribution in [3.05, 3.63) is 80.7 Å². The molecule has 0 aliphatic carbocycles. The topological polar surface area (TPSA) is 32.7 Å². The second kappa shape index (κ2) is 8.64. The average molecular weight is 419 g/mol. The fourth-order valence-corrected chi connectivity index (χ4v) is 3.82. The Morgan fingerprint density at radius 3 is 2.42 bits per heavy atom. The summed E-state index contributed by atoms with van der Waals surface area (Å²) >= 11 is 18.7. The molecule has 130 valence electrons. The summed E-state index contributed by atoms with van der Waals surface area (Å²) in [6.45, 7) is 0. The number of carbonyl (C=O) groups is 1. The largest absolute Gasteiger partial charge is 0.286 e. The average Bonchev–Trinajstić information content (AvgIpc) is 2.90. The summed E-state index contributed by atoms with van der Waals surface area (Å²) in [7, 11) is 0. The van der Waals surface area contributed by atoms with Crippen molar-refractivity contribution in [3.8, 4) is 0 Å². The Morgan fingerprint density at radius 2 is 1.73 bits per heavy atom. The lowest BCUT2D eigenvalue weighted by molar-refractivity contribution is -0.122. The summed E-state index contributed by atoms with van der Waals surface area (Å²) < 4.78 is 0.355. The van der Waals surface area contributed by atoms with E-state index < -0.39 is 0 Å². The monoisotopic (exact) mass is 418 g/mol. The molecule has 3 rings (SSSR count). The van der Waals surface area contributed by atoms with E-state index in [9.17, 15) is 4.79 Å². The van der Waals surface area contributed by atoms with Crippen LogP contribution >= 0.6 is 47.2 Å². The van der Waals surface area contributed by atoms with Crippen LogP contribution < -0.4 is 0 Å². The Bertz CT molecular complexity index is 920. The van der Waals surface area contributed by atoms with E-state index in [1.165, 1.54) is 11.2 Å². The van der Waals surface area contributed by atoms with Gasteiger partial charge in [-0.25, -0.2) is 0 Å². The van der Waals surface area contributed by atoms with E-state index >= 15 is 0 Å². The molecule has 1 saturated heterocycles. The van der Waals surface area contributed by atoms with Crippen LogP contribution in [0.3, 0.4) is 0 Å². The predicted molar refractivity (Wildman–Crippen MR) is 115 cm³/mol. The minimum absolute atomic E-state index is 0.305. The van der Waals surface area contributed by atoms with E-state index in [2.05, 4.69) is 5.10 Å². The van der Waals surface area contributed by atoms with E-state index in [-0.39, 0.29) is 5.91 Å². The molecular weight excluding hydrogens is 407 g/mol. The molecule has 0 radical (unpaired) electrons. The molecule has 1 aliphatic heterocycles. The van der Waals surface area contributed by atoms with Crippen LogP contribution in [0.15, 0.2) is 64.6 Å². The maximum atomic E-state index is 12.5. The zero-order valence-corrected chi connectivity index (χ0v) is 16.4. The number of hydrogen-bond donors (Lipinski definition) is 0. The lowest BCUT2D eigenvalue weighted by Crippen LogP contribution is -2.21. The predicted octanol–water partition coefficient (Wildman–Crippen LogP) is 5.89. The van der Waals surface area contributed by atoms with Crippen molar-refractivity contribution in [1.82, 2.24) is 5.01 Å². The molecular formula is C19H12Cl2N2OS2. The number of thioether (sulfide) groups is 1. The molecule has 0 atom stereocenters. The fraction of sp³-hybridized carbons (Fsp3) is 0. The highest BCUT2D eigenvalue weighted by Crippen LogP contribution is 2.35. The zero-order chi connectivity index (χ0) is 18.5. The third-order valence-corrected chi connectivity index (χ3v) is 5.35. The number of allylic oxidation sites excluding steroid dienone is 1. The second-order valence-corrected chi connectivity index (χ2v) is 7.65. The number of halogens is 2. The normalized spacial score (nSPS) is 16.5. The van der Waals surface area contributed by atoms with Gasteiger partial charge in [0.15, 0.2) is 4.32 Å². The van der Waals surface area contributed by atoms with Crippen molar-refractivity contribution < 1.29 is 4.79 Å². The van der Waals surface area contributed by atoms with Gasteiger partial charge in [0.05, 0.1) is 4.91 Å². The molecule has 7 heteroatoms. The van der Waals surface area contributed by atoms with E-state index in [1.54, 1.807) is 30.4 Å². The molecule has 1 aliphatic rings. The van der Waals surface area contributed by atoms with Gasteiger partial charge in [0.2, 0.25) is 0 Å². The molecule has 0 saturated carbocycles. The summed E-state index contributed by atoms with van der Waals surface area (Å²) in [4.78, 5) is 13.0. The Balaban J connectivity index is 1.76. The highest BCUT2D eigenvalue weighted by atomic mass is 35.5. The first-order chi connectivity index (χ1) is 12.6. The van der Waals surface area contributed by atoms with Crippen LogP contribution in [0.1, 0.15) is 11.1 Å². The molecule has 26 heavy (non-hydrogen) atoms. The van der Waals surface area contributed by atoms with Crippen LogP contribution in [0.4, 0.5) is 0 Å². The highest BCUT2D eigenvalue weighted by molar-refractivity contribution is 8.26. The third-order valence-electron chi connectivity index (χ3n) is 3.40. The quantitative estimate of drug-likeness (QED) is 0.352. The molecule has 1 heterocycles. The molecule has 0 spiro atoms. The summed E-state index contributed by atoms with van der Waals surface area (Å²) in [5, 5.41) is 6.27. The van der Waals surface area contributed by atoms with Gasteiger partial charge in [-0.3, -0.25) is 4.79 Å². The van der Waals surface area contributed by atoms with Gasteiger partial charge in [-0.05, 0) is 42.1 Å². The van der Waals surface area contributed by atoms with Gasteiger partial charge in [0, 0.05) is 21.8 Å². The van der Waals surface area contributed by atoms with Crippen molar-refractivity contribution in [2.45, 2.75) is 0 Å². The molecule has 0 unspecified atom stereocenters. The van der Waals surface area contributed by atoms with Crippen molar-refractivity contribution >= 4 is 75.8 Å². The molecule has 0 aromatic heterocycles. The van der Waals surface area contributed by atoms with Gasteiger partial charge in [-0.1, -0.05) is 77.4 Å². The van der Waals surface area contributed by atoms with Gasteiger partial charge >= 0.3 is 0 Å². The molecule has 0 N–H and O–H groups in total. The Labute approximate surface area is 171 Å². The van der Waals surface area contributed by atoms with Gasteiger partial charge in [0.25, 0.3) is 5.91 Å². The third kappa shape index (κ3) is 4.43. The molecule has 1 fully saturated rings. The standard InChI is InChI=1S/C19H12Cl2N2OS2/c20-15-9-4-10-16(21)14(15)12-17-18(24)23(19(25)26-17)22-11-5-8-13-6-2-1-3-7-13/h1-12H/b8-5-,17-12+,22-11+. The zero-order valence-electron chi connectivity index (χ0n) is 13.3. The minimum Gasteiger partial charge on any atom is -0.266 e. The van der Waals surface area contributed by atoms with E-state index in [0.717, 1.165) is 17.3 Å². The SMILES string of the molecule is O=C1/C(=C\c2c(Cl)cccc2Cl)SC(=S)N1/N=C/C=C\c1ccccc1. The van der Waals surface area contributed by atoms with Crippen molar-refractivity contribution in [2.75, 3.05) is 0 Å². The molecule has 2 aromatic rings. The maximum absolute atomic E-state index is 12.5. The Kier molecular flexibility index (Phi) is 6.27. The summed E-state index contributed by atoms with van der Waals surface area (Å²) in [6, 6.07) is 15.0. The first-order valence-electron chi connectivity index (χ1n) is 7.54. The van der Waals surface area contributed by atoms with Gasteiger partial charge < -0.3 is 0 Å². The smallest absolute Gasteiger partial charge is 0.266 e. The maximum Gasteiger partial charge on any atom is 0.286 e. The number of hydrogen-bond acceptors (Lipinski definition) is 4. The van der Waals surface area contributed by atoms with Crippen LogP contribution in [0.5, 0.6) is 0 Å². The number of nitrogens with zero attached hydrogens (tertiary/aromatic N) is 2. The van der Waals surface area contributed by atoms with E-state index in [4.69, 9.17) is 35.4 Å². The van der Waals surface area contributed by atoms with Crippen molar-refractivity contribution in [3.63, 3.8) is 0 Å². The van der Waals surface area contributed by atoms with Crippen LogP contribution in [-0.4, -0.2) is 21.5 Å².